The lowest BCUT2D eigenvalue weighted by Gasteiger charge is -2.02. The maximum absolute atomic E-state index is 4.03. The van der Waals surface area contributed by atoms with E-state index in [9.17, 15) is 0 Å². The first-order valence-corrected chi connectivity index (χ1v) is 6.09. The second-order valence-electron chi connectivity index (χ2n) is 4.38. The van der Waals surface area contributed by atoms with Crippen LogP contribution >= 0.6 is 0 Å². The second kappa shape index (κ2) is 5.74. The summed E-state index contributed by atoms with van der Waals surface area (Å²) in [6.45, 7) is 1.13. The summed E-state index contributed by atoms with van der Waals surface area (Å²) in [4.78, 5) is 4.03. The lowest BCUT2D eigenvalue weighted by molar-refractivity contribution is 0.561. The van der Waals surface area contributed by atoms with Crippen LogP contribution in [0.4, 0.5) is 0 Å². The van der Waals surface area contributed by atoms with Gasteiger partial charge in [0, 0.05) is 18.9 Å². The Bertz CT molecular complexity index is 298. The third-order valence-corrected chi connectivity index (χ3v) is 2.97. The predicted octanol–water partition coefficient (Wildman–Crippen LogP) is 3.55. The summed E-state index contributed by atoms with van der Waals surface area (Å²) in [5.41, 5.74) is 1.69. The quantitative estimate of drug-likeness (QED) is 0.467. The van der Waals surface area contributed by atoms with Crippen molar-refractivity contribution in [1.29, 1.82) is 0 Å². The van der Waals surface area contributed by atoms with E-state index in [2.05, 4.69) is 15.6 Å². The number of aromatic nitrogens is 2. The fraction of sp³-hybridized carbons (Fsp3) is 0.615. The third kappa shape index (κ3) is 4.32. The lowest BCUT2D eigenvalue weighted by Crippen LogP contribution is -1.93. The van der Waals surface area contributed by atoms with Gasteiger partial charge in [-0.1, -0.05) is 30.9 Å². The molecular formula is C13H20N2. The number of hydrogen-bond donors (Lipinski definition) is 0. The molecule has 0 spiro atoms. The van der Waals surface area contributed by atoms with E-state index in [-0.39, 0.29) is 0 Å². The van der Waals surface area contributed by atoms with E-state index in [1.54, 1.807) is 5.57 Å². The molecule has 0 aromatic carbocycles. The maximum atomic E-state index is 4.03. The average molecular weight is 204 g/mol. The fourth-order valence-corrected chi connectivity index (χ4v) is 1.87. The van der Waals surface area contributed by atoms with Gasteiger partial charge in [-0.05, 0) is 25.7 Å². The van der Waals surface area contributed by atoms with Crippen LogP contribution < -0.4 is 0 Å². The lowest BCUT2D eigenvalue weighted by atomic mass is 10.1. The summed E-state index contributed by atoms with van der Waals surface area (Å²) in [7, 11) is 0. The zero-order chi connectivity index (χ0) is 10.3. The fourth-order valence-electron chi connectivity index (χ4n) is 1.87. The molecule has 1 heterocycles. The Morgan fingerprint density at radius 2 is 1.93 bits per heavy atom. The molecule has 2 heteroatoms. The Kier molecular flexibility index (Phi) is 4.01. The highest BCUT2D eigenvalue weighted by molar-refractivity contribution is 5.21. The topological polar surface area (TPSA) is 17.8 Å². The largest absolute Gasteiger partial charge is 0.337 e. The van der Waals surface area contributed by atoms with Crippen LogP contribution in [-0.4, -0.2) is 9.55 Å². The zero-order valence-corrected chi connectivity index (χ0v) is 9.36. The molecule has 0 bridgehead atoms. The summed E-state index contributed by atoms with van der Waals surface area (Å²) >= 11 is 0. The molecule has 1 aromatic heterocycles. The normalized spacial score (nSPS) is 14.0. The minimum absolute atomic E-state index is 1.13. The first kappa shape index (κ1) is 10.5. The van der Waals surface area contributed by atoms with Crippen LogP contribution in [-0.2, 0) is 6.54 Å². The van der Waals surface area contributed by atoms with E-state index < -0.39 is 0 Å². The Morgan fingerprint density at radius 3 is 2.67 bits per heavy atom. The van der Waals surface area contributed by atoms with Crippen LogP contribution in [0, 0.1) is 0 Å². The Hall–Kier alpha value is -1.05. The van der Waals surface area contributed by atoms with Gasteiger partial charge in [0.2, 0.25) is 0 Å². The van der Waals surface area contributed by atoms with Crippen LogP contribution in [0.2, 0.25) is 0 Å². The number of unbranched alkanes of at least 4 members (excludes halogenated alkanes) is 4. The first-order chi connectivity index (χ1) is 7.45. The van der Waals surface area contributed by atoms with Crippen molar-refractivity contribution >= 4 is 0 Å². The monoisotopic (exact) mass is 204 g/mol. The summed E-state index contributed by atoms with van der Waals surface area (Å²) in [5.74, 6) is 0. The van der Waals surface area contributed by atoms with Crippen LogP contribution in [0.15, 0.2) is 30.4 Å². The van der Waals surface area contributed by atoms with Gasteiger partial charge in [0.15, 0.2) is 0 Å². The number of nitrogens with zero attached hydrogens (tertiary/aromatic N) is 2. The minimum atomic E-state index is 1.13. The van der Waals surface area contributed by atoms with Crippen LogP contribution in [0.1, 0.15) is 44.9 Å². The van der Waals surface area contributed by atoms with E-state index in [0.29, 0.717) is 0 Å². The Labute approximate surface area is 92.0 Å². The number of imidazole rings is 1. The summed E-state index contributed by atoms with van der Waals surface area (Å²) < 4.78 is 2.16. The molecule has 15 heavy (non-hydrogen) atoms. The van der Waals surface area contributed by atoms with E-state index in [1.165, 1.54) is 44.9 Å². The van der Waals surface area contributed by atoms with Gasteiger partial charge in [-0.3, -0.25) is 0 Å². The molecule has 0 N–H and O–H groups in total. The molecule has 2 rings (SSSR count). The van der Waals surface area contributed by atoms with Crippen LogP contribution in [0.25, 0.3) is 0 Å². The summed E-state index contributed by atoms with van der Waals surface area (Å²) in [6, 6.07) is 0. The third-order valence-electron chi connectivity index (χ3n) is 2.97. The summed E-state index contributed by atoms with van der Waals surface area (Å²) in [5, 5.41) is 0. The van der Waals surface area contributed by atoms with Crippen molar-refractivity contribution in [2.75, 3.05) is 0 Å². The molecule has 0 atom stereocenters. The average Bonchev–Trinajstić information content (AvgIpc) is 2.92. The molecule has 1 aliphatic rings. The Morgan fingerprint density at radius 1 is 1.13 bits per heavy atom. The van der Waals surface area contributed by atoms with Crippen molar-refractivity contribution in [3.05, 3.63) is 30.4 Å². The van der Waals surface area contributed by atoms with E-state index >= 15 is 0 Å². The highest BCUT2D eigenvalue weighted by atomic mass is 15.0. The maximum Gasteiger partial charge on any atom is 0.0945 e. The van der Waals surface area contributed by atoms with Gasteiger partial charge >= 0.3 is 0 Å². The standard InChI is InChI=1S/C13H20N2/c1(2-4-6-13-7-8-13)3-5-10-15-11-9-14-12-15/h7,9,11-12H,1-6,8,10H2. The summed E-state index contributed by atoms with van der Waals surface area (Å²) in [6.07, 6.45) is 17.7. The van der Waals surface area contributed by atoms with Gasteiger partial charge in [-0.15, -0.1) is 0 Å². The van der Waals surface area contributed by atoms with E-state index in [1.807, 2.05) is 18.7 Å². The zero-order valence-electron chi connectivity index (χ0n) is 9.36. The first-order valence-electron chi connectivity index (χ1n) is 6.09. The van der Waals surface area contributed by atoms with Gasteiger partial charge < -0.3 is 4.57 Å². The molecule has 0 aliphatic heterocycles. The number of rotatable bonds is 8. The van der Waals surface area contributed by atoms with Crippen LogP contribution in [0.5, 0.6) is 0 Å². The van der Waals surface area contributed by atoms with Gasteiger partial charge in [-0.2, -0.15) is 0 Å². The van der Waals surface area contributed by atoms with Gasteiger partial charge in [0.1, 0.15) is 0 Å². The predicted molar refractivity (Wildman–Crippen MR) is 62.6 cm³/mol. The van der Waals surface area contributed by atoms with E-state index in [0.717, 1.165) is 6.54 Å². The van der Waals surface area contributed by atoms with Crippen molar-refractivity contribution in [3.63, 3.8) is 0 Å². The minimum Gasteiger partial charge on any atom is -0.337 e. The molecule has 0 fully saturated rings. The van der Waals surface area contributed by atoms with Crippen LogP contribution in [0.3, 0.4) is 0 Å². The van der Waals surface area contributed by atoms with Gasteiger partial charge in [0.25, 0.3) is 0 Å². The number of aryl methyl sites for hydroxylation is 1. The highest BCUT2D eigenvalue weighted by Gasteiger charge is 2.05. The second-order valence-corrected chi connectivity index (χ2v) is 4.38. The smallest absolute Gasteiger partial charge is 0.0945 e. The molecule has 1 aliphatic carbocycles. The molecule has 82 valence electrons. The van der Waals surface area contributed by atoms with Gasteiger partial charge in [-0.25, -0.2) is 4.98 Å². The molecule has 0 radical (unpaired) electrons. The van der Waals surface area contributed by atoms with Crippen molar-refractivity contribution < 1.29 is 0 Å². The van der Waals surface area contributed by atoms with Crippen molar-refractivity contribution in [3.8, 4) is 0 Å². The molecule has 1 aromatic rings. The molecule has 0 amide bonds. The van der Waals surface area contributed by atoms with E-state index in [4.69, 9.17) is 0 Å². The Balaban J connectivity index is 1.40. The molecular weight excluding hydrogens is 184 g/mol. The van der Waals surface area contributed by atoms with Crippen molar-refractivity contribution in [1.82, 2.24) is 9.55 Å². The number of hydrogen-bond acceptors (Lipinski definition) is 1. The van der Waals surface area contributed by atoms with Crippen molar-refractivity contribution in [2.24, 2.45) is 0 Å². The highest BCUT2D eigenvalue weighted by Crippen LogP contribution is 2.24. The van der Waals surface area contributed by atoms with Crippen molar-refractivity contribution in [2.45, 2.75) is 51.5 Å². The number of allylic oxidation sites excluding steroid dienone is 2. The van der Waals surface area contributed by atoms with Gasteiger partial charge in [0.05, 0.1) is 6.33 Å². The molecule has 0 saturated heterocycles. The SMILES string of the molecule is C1=C(CCCCCCCn2ccnc2)C1. The molecule has 0 saturated carbocycles. The molecule has 2 nitrogen and oxygen atoms in total. The molecule has 0 unspecified atom stereocenters.